The lowest BCUT2D eigenvalue weighted by atomic mass is 9.58. The first kappa shape index (κ1) is 7.33. The molecule has 0 atom stereocenters. The van der Waals surface area contributed by atoms with E-state index in [1.54, 1.807) is 0 Å². The molecule has 0 unspecified atom stereocenters. The van der Waals surface area contributed by atoms with Gasteiger partial charge in [-0.3, -0.25) is 0 Å². The summed E-state index contributed by atoms with van der Waals surface area (Å²) >= 11 is 0. The highest BCUT2D eigenvalue weighted by atomic mass is 16.1. The molecule has 0 saturated heterocycles. The van der Waals surface area contributed by atoms with E-state index in [1.165, 1.54) is 44.8 Å². The SMILES string of the molecule is CCC1(C2(C=O)CC2)CCC1. The van der Waals surface area contributed by atoms with Gasteiger partial charge in [-0.15, -0.1) is 0 Å². The van der Waals surface area contributed by atoms with Crippen LogP contribution < -0.4 is 0 Å². The average molecular weight is 152 g/mol. The highest BCUT2D eigenvalue weighted by Gasteiger charge is 2.60. The van der Waals surface area contributed by atoms with Crippen molar-refractivity contribution in [3.05, 3.63) is 0 Å². The standard InChI is InChI=1S/C10H16O/c1-2-9(4-3-5-9)10(8-11)6-7-10/h8H,2-7H2,1H3. The molecule has 0 N–H and O–H groups in total. The molecule has 0 aromatic heterocycles. The fourth-order valence-electron chi connectivity index (χ4n) is 2.71. The van der Waals surface area contributed by atoms with Crippen molar-refractivity contribution in [2.45, 2.75) is 45.4 Å². The Balaban J connectivity index is 2.17. The predicted molar refractivity (Wildman–Crippen MR) is 44.3 cm³/mol. The number of hydrogen-bond donors (Lipinski definition) is 0. The molecular weight excluding hydrogens is 136 g/mol. The van der Waals surface area contributed by atoms with E-state index in [2.05, 4.69) is 6.92 Å². The Kier molecular flexibility index (Phi) is 1.39. The second-order valence-electron chi connectivity index (χ2n) is 4.26. The third-order valence-corrected chi connectivity index (χ3v) is 4.06. The van der Waals surface area contributed by atoms with Gasteiger partial charge >= 0.3 is 0 Å². The second kappa shape index (κ2) is 2.09. The zero-order valence-electron chi connectivity index (χ0n) is 7.23. The van der Waals surface area contributed by atoms with Gasteiger partial charge in [0.1, 0.15) is 6.29 Å². The molecule has 62 valence electrons. The Labute approximate surface area is 68.2 Å². The summed E-state index contributed by atoms with van der Waals surface area (Å²) in [7, 11) is 0. The Bertz CT molecular complexity index is 170. The van der Waals surface area contributed by atoms with Crippen LogP contribution in [0.4, 0.5) is 0 Å². The maximum Gasteiger partial charge on any atom is 0.126 e. The molecule has 2 aliphatic carbocycles. The molecule has 0 radical (unpaired) electrons. The van der Waals surface area contributed by atoms with Crippen molar-refractivity contribution >= 4 is 6.29 Å². The van der Waals surface area contributed by atoms with Gasteiger partial charge in [0.05, 0.1) is 0 Å². The van der Waals surface area contributed by atoms with Crippen LogP contribution in [0.2, 0.25) is 0 Å². The van der Waals surface area contributed by atoms with Gasteiger partial charge in [-0.2, -0.15) is 0 Å². The number of carbonyl (C=O) groups is 1. The van der Waals surface area contributed by atoms with Crippen LogP contribution in [0, 0.1) is 10.8 Å². The fraction of sp³-hybridized carbons (Fsp3) is 0.900. The van der Waals surface area contributed by atoms with Gasteiger partial charge in [-0.25, -0.2) is 0 Å². The van der Waals surface area contributed by atoms with Gasteiger partial charge < -0.3 is 4.79 Å². The van der Waals surface area contributed by atoms with Gasteiger partial charge in [0, 0.05) is 5.41 Å². The molecule has 1 heteroatoms. The molecule has 2 saturated carbocycles. The summed E-state index contributed by atoms with van der Waals surface area (Å²) in [6, 6.07) is 0. The van der Waals surface area contributed by atoms with E-state index < -0.39 is 0 Å². The van der Waals surface area contributed by atoms with Crippen molar-refractivity contribution in [3.63, 3.8) is 0 Å². The second-order valence-corrected chi connectivity index (χ2v) is 4.26. The topological polar surface area (TPSA) is 17.1 Å². The molecule has 0 aromatic carbocycles. The predicted octanol–water partition coefficient (Wildman–Crippen LogP) is 2.55. The van der Waals surface area contributed by atoms with Crippen molar-refractivity contribution in [2.24, 2.45) is 10.8 Å². The Morgan fingerprint density at radius 1 is 1.27 bits per heavy atom. The van der Waals surface area contributed by atoms with Crippen LogP contribution in [0.15, 0.2) is 0 Å². The summed E-state index contributed by atoms with van der Waals surface area (Å²) in [5.41, 5.74) is 0.606. The van der Waals surface area contributed by atoms with E-state index in [4.69, 9.17) is 0 Å². The van der Waals surface area contributed by atoms with Crippen LogP contribution in [0.1, 0.15) is 45.4 Å². The van der Waals surface area contributed by atoms with Gasteiger partial charge in [0.25, 0.3) is 0 Å². The number of carbonyl (C=O) groups excluding carboxylic acids is 1. The molecule has 2 fully saturated rings. The quantitative estimate of drug-likeness (QED) is 0.568. The van der Waals surface area contributed by atoms with Crippen LogP contribution in [-0.4, -0.2) is 6.29 Å². The summed E-state index contributed by atoms with van der Waals surface area (Å²) in [6.07, 6.45) is 8.77. The molecule has 0 spiro atoms. The lowest BCUT2D eigenvalue weighted by Crippen LogP contribution is -2.39. The molecule has 0 aliphatic heterocycles. The van der Waals surface area contributed by atoms with Crippen LogP contribution in [0.5, 0.6) is 0 Å². The molecule has 0 bridgehead atoms. The third-order valence-electron chi connectivity index (χ3n) is 4.06. The monoisotopic (exact) mass is 152 g/mol. The molecule has 2 aliphatic rings. The van der Waals surface area contributed by atoms with Gasteiger partial charge in [-0.05, 0) is 37.5 Å². The van der Waals surface area contributed by atoms with Crippen molar-refractivity contribution in [1.29, 1.82) is 0 Å². The van der Waals surface area contributed by atoms with Crippen molar-refractivity contribution in [1.82, 2.24) is 0 Å². The van der Waals surface area contributed by atoms with Crippen LogP contribution in [-0.2, 0) is 4.79 Å². The lowest BCUT2D eigenvalue weighted by Gasteiger charge is -2.46. The van der Waals surface area contributed by atoms with Crippen LogP contribution in [0.3, 0.4) is 0 Å². The summed E-state index contributed by atoms with van der Waals surface area (Å²) < 4.78 is 0. The lowest BCUT2D eigenvalue weighted by molar-refractivity contribution is -0.120. The number of hydrogen-bond acceptors (Lipinski definition) is 1. The summed E-state index contributed by atoms with van der Waals surface area (Å²) in [6.45, 7) is 2.24. The molecule has 11 heavy (non-hydrogen) atoms. The van der Waals surface area contributed by atoms with Crippen LogP contribution in [0.25, 0.3) is 0 Å². The third kappa shape index (κ3) is 0.743. The van der Waals surface area contributed by atoms with E-state index in [0.717, 1.165) is 0 Å². The minimum absolute atomic E-state index is 0.153. The average Bonchev–Trinajstić information content (AvgIpc) is 2.68. The van der Waals surface area contributed by atoms with E-state index >= 15 is 0 Å². The minimum Gasteiger partial charge on any atom is -0.303 e. The first-order chi connectivity index (χ1) is 5.29. The zero-order chi connectivity index (χ0) is 7.95. The summed E-state index contributed by atoms with van der Waals surface area (Å²) in [4.78, 5) is 10.9. The number of rotatable bonds is 3. The van der Waals surface area contributed by atoms with Crippen LogP contribution >= 0.6 is 0 Å². The first-order valence-electron chi connectivity index (χ1n) is 4.75. The van der Waals surface area contributed by atoms with Gasteiger partial charge in [0.15, 0.2) is 0 Å². The maximum atomic E-state index is 10.9. The van der Waals surface area contributed by atoms with Crippen molar-refractivity contribution < 1.29 is 4.79 Å². The van der Waals surface area contributed by atoms with Crippen molar-refractivity contribution in [2.75, 3.05) is 0 Å². The Hall–Kier alpha value is -0.330. The summed E-state index contributed by atoms with van der Waals surface area (Å²) in [5, 5.41) is 0. The number of aldehydes is 1. The minimum atomic E-state index is 0.153. The van der Waals surface area contributed by atoms with E-state index in [-0.39, 0.29) is 5.41 Å². The zero-order valence-corrected chi connectivity index (χ0v) is 7.23. The normalized spacial score (nSPS) is 30.6. The smallest absolute Gasteiger partial charge is 0.126 e. The molecule has 0 aromatic rings. The molecule has 2 rings (SSSR count). The molecule has 0 heterocycles. The van der Waals surface area contributed by atoms with E-state index in [1.807, 2.05) is 0 Å². The largest absolute Gasteiger partial charge is 0.303 e. The van der Waals surface area contributed by atoms with E-state index in [0.29, 0.717) is 5.41 Å². The van der Waals surface area contributed by atoms with Gasteiger partial charge in [0.2, 0.25) is 0 Å². The Morgan fingerprint density at radius 3 is 2.00 bits per heavy atom. The molecular formula is C10H16O. The van der Waals surface area contributed by atoms with E-state index in [9.17, 15) is 4.79 Å². The highest BCUT2D eigenvalue weighted by Crippen LogP contribution is 2.66. The van der Waals surface area contributed by atoms with Crippen molar-refractivity contribution in [3.8, 4) is 0 Å². The molecule has 0 amide bonds. The van der Waals surface area contributed by atoms with Gasteiger partial charge in [-0.1, -0.05) is 13.3 Å². The maximum absolute atomic E-state index is 10.9. The fourth-order valence-corrected chi connectivity index (χ4v) is 2.71. The summed E-state index contributed by atoms with van der Waals surface area (Å²) in [5.74, 6) is 0. The Morgan fingerprint density at radius 2 is 1.91 bits per heavy atom. The first-order valence-corrected chi connectivity index (χ1v) is 4.75. The highest BCUT2D eigenvalue weighted by molar-refractivity contribution is 5.65. The molecule has 1 nitrogen and oxygen atoms in total.